The van der Waals surface area contributed by atoms with Crippen LogP contribution in [0.1, 0.15) is 42.7 Å². The molecule has 30 heavy (non-hydrogen) atoms. The number of carbonyl (C=O) groups excluding carboxylic acids is 1. The second-order valence-electron chi connectivity index (χ2n) is 8.74. The highest BCUT2D eigenvalue weighted by Gasteiger charge is 2.45. The van der Waals surface area contributed by atoms with E-state index in [9.17, 15) is 9.18 Å². The number of rotatable bonds is 5. The average molecular weight is 412 g/mol. The van der Waals surface area contributed by atoms with Gasteiger partial charge in [0.2, 0.25) is 5.91 Å². The Hall–Kier alpha value is -2.31. The highest BCUT2D eigenvalue weighted by molar-refractivity contribution is 5.78. The average Bonchev–Trinajstić information content (AvgIpc) is 3.00. The van der Waals surface area contributed by atoms with Crippen LogP contribution in [0.25, 0.3) is 0 Å². The van der Waals surface area contributed by atoms with Crippen LogP contribution in [-0.4, -0.2) is 54.4 Å². The van der Waals surface area contributed by atoms with Crippen LogP contribution < -0.4 is 0 Å². The lowest BCUT2D eigenvalue weighted by atomic mass is 9.83. The van der Waals surface area contributed by atoms with Crippen LogP contribution >= 0.6 is 0 Å². The molecule has 1 spiro atoms. The number of halogens is 1. The highest BCUT2D eigenvalue weighted by Crippen LogP contribution is 2.49. The molecule has 2 aliphatic rings. The number of amides is 1. The van der Waals surface area contributed by atoms with E-state index >= 15 is 0 Å². The van der Waals surface area contributed by atoms with E-state index in [0.29, 0.717) is 13.0 Å². The molecule has 1 aromatic heterocycles. The Kier molecular flexibility index (Phi) is 5.89. The minimum atomic E-state index is -0.407. The molecule has 6 heteroatoms. The summed E-state index contributed by atoms with van der Waals surface area (Å²) in [6.07, 6.45) is 3.99. The quantitative estimate of drug-likeness (QED) is 0.755. The fraction of sp³-hybridized carbons (Fsp3) is 0.500. The van der Waals surface area contributed by atoms with Crippen molar-refractivity contribution in [2.75, 3.05) is 33.7 Å². The first-order valence-corrected chi connectivity index (χ1v) is 10.7. The molecule has 2 aromatic rings. The van der Waals surface area contributed by atoms with Gasteiger partial charge in [-0.2, -0.15) is 0 Å². The summed E-state index contributed by atoms with van der Waals surface area (Å²) in [5.74, 6) is -0.226. The van der Waals surface area contributed by atoms with Crippen LogP contribution in [0.15, 0.2) is 42.6 Å². The normalized spacial score (nSPS) is 21.4. The molecule has 5 nitrogen and oxygen atoms in total. The third kappa shape index (κ3) is 4.12. The highest BCUT2D eigenvalue weighted by atomic mass is 19.1. The van der Waals surface area contributed by atoms with Crippen LogP contribution in [-0.2, 0) is 21.6 Å². The van der Waals surface area contributed by atoms with Crippen molar-refractivity contribution in [3.63, 3.8) is 0 Å². The molecule has 2 unspecified atom stereocenters. The van der Waals surface area contributed by atoms with E-state index in [-0.39, 0.29) is 23.7 Å². The number of pyridine rings is 1. The molecule has 3 heterocycles. The van der Waals surface area contributed by atoms with Crippen molar-refractivity contribution in [1.82, 2.24) is 14.8 Å². The summed E-state index contributed by atoms with van der Waals surface area (Å²) in [5.41, 5.74) is 2.63. The van der Waals surface area contributed by atoms with Gasteiger partial charge in [0.15, 0.2) is 0 Å². The van der Waals surface area contributed by atoms with Gasteiger partial charge in [-0.3, -0.25) is 9.78 Å². The molecule has 1 saturated heterocycles. The lowest BCUT2D eigenvalue weighted by Gasteiger charge is -2.40. The van der Waals surface area contributed by atoms with Crippen LogP contribution in [0.2, 0.25) is 0 Å². The molecule has 0 aliphatic carbocycles. The predicted molar refractivity (Wildman–Crippen MR) is 113 cm³/mol. The standard InChI is InChI=1S/C24H30FN3O2/c1-17-21-8-7-19(25)15-22(21)24(30-17)9-12-28(13-10-24)16-18(23(29)27(2)3)14-20-6-4-5-11-26-20/h4-8,11,15,17-18H,9-10,12-14,16H2,1-3H3. The Morgan fingerprint density at radius 2 is 2.07 bits per heavy atom. The van der Waals surface area contributed by atoms with Crippen molar-refractivity contribution >= 4 is 5.91 Å². The molecule has 160 valence electrons. The zero-order chi connectivity index (χ0) is 21.3. The van der Waals surface area contributed by atoms with Crippen LogP contribution in [0.4, 0.5) is 4.39 Å². The number of hydrogen-bond donors (Lipinski definition) is 0. The third-order valence-corrected chi connectivity index (χ3v) is 6.46. The second-order valence-corrected chi connectivity index (χ2v) is 8.74. The minimum Gasteiger partial charge on any atom is -0.363 e. The SMILES string of the molecule is CC1OC2(CCN(CC(Cc3ccccn3)C(=O)N(C)C)CC2)c2cc(F)ccc21. The van der Waals surface area contributed by atoms with Gasteiger partial charge in [0.1, 0.15) is 5.82 Å². The van der Waals surface area contributed by atoms with Crippen molar-refractivity contribution in [3.05, 3.63) is 65.2 Å². The first-order chi connectivity index (χ1) is 14.4. The first kappa shape index (κ1) is 20.9. The van der Waals surface area contributed by atoms with Crippen LogP contribution in [0.5, 0.6) is 0 Å². The molecule has 0 saturated carbocycles. The lowest BCUT2D eigenvalue weighted by Crippen LogP contribution is -2.46. The number of ether oxygens (including phenoxy) is 1. The first-order valence-electron chi connectivity index (χ1n) is 10.7. The molecule has 4 rings (SSSR count). The van der Waals surface area contributed by atoms with E-state index in [1.54, 1.807) is 31.3 Å². The van der Waals surface area contributed by atoms with E-state index in [4.69, 9.17) is 4.74 Å². The number of nitrogens with zero attached hydrogens (tertiary/aromatic N) is 3. The molecule has 0 bridgehead atoms. The van der Waals surface area contributed by atoms with Crippen molar-refractivity contribution in [2.45, 2.75) is 37.9 Å². The van der Waals surface area contributed by atoms with Gasteiger partial charge in [0, 0.05) is 52.0 Å². The molecule has 1 amide bonds. The Balaban J connectivity index is 1.45. The number of aromatic nitrogens is 1. The maximum absolute atomic E-state index is 13.9. The van der Waals surface area contributed by atoms with Crippen molar-refractivity contribution in [1.29, 1.82) is 0 Å². The topological polar surface area (TPSA) is 45.7 Å². The molecule has 0 N–H and O–H groups in total. The molecule has 1 aromatic carbocycles. The number of benzene rings is 1. The van der Waals surface area contributed by atoms with Gasteiger partial charge in [-0.05, 0) is 55.2 Å². The van der Waals surface area contributed by atoms with E-state index in [0.717, 1.165) is 42.8 Å². The van der Waals surface area contributed by atoms with Gasteiger partial charge < -0.3 is 14.5 Å². The minimum absolute atomic E-state index is 0.0145. The van der Waals surface area contributed by atoms with Gasteiger partial charge in [0.05, 0.1) is 17.6 Å². The molecular formula is C24H30FN3O2. The second kappa shape index (κ2) is 8.44. The number of hydrogen-bond acceptors (Lipinski definition) is 4. The smallest absolute Gasteiger partial charge is 0.226 e. The summed E-state index contributed by atoms with van der Waals surface area (Å²) >= 11 is 0. The Bertz CT molecular complexity index is 895. The summed E-state index contributed by atoms with van der Waals surface area (Å²) in [4.78, 5) is 21.2. The number of carbonyl (C=O) groups is 1. The van der Waals surface area contributed by atoms with Crippen LogP contribution in [0, 0.1) is 11.7 Å². The maximum atomic E-state index is 13.9. The zero-order valence-corrected chi connectivity index (χ0v) is 18.0. The van der Waals surface area contributed by atoms with Gasteiger partial charge in [-0.25, -0.2) is 4.39 Å². The third-order valence-electron chi connectivity index (χ3n) is 6.46. The molecular weight excluding hydrogens is 381 g/mol. The molecule has 2 atom stereocenters. The predicted octanol–water partition coefficient (Wildman–Crippen LogP) is 3.55. The number of fused-ring (bicyclic) bond motifs is 2. The van der Waals surface area contributed by atoms with E-state index < -0.39 is 5.60 Å². The summed E-state index contributed by atoms with van der Waals surface area (Å²) in [7, 11) is 3.61. The fourth-order valence-corrected chi connectivity index (χ4v) is 4.91. The lowest BCUT2D eigenvalue weighted by molar-refractivity contribution is -0.134. The summed E-state index contributed by atoms with van der Waals surface area (Å²) in [6, 6.07) is 10.8. The van der Waals surface area contributed by atoms with Crippen molar-refractivity contribution in [2.24, 2.45) is 5.92 Å². The number of likely N-dealkylation sites (tertiary alicyclic amines) is 1. The van der Waals surface area contributed by atoms with Gasteiger partial charge >= 0.3 is 0 Å². The Morgan fingerprint density at radius 3 is 2.73 bits per heavy atom. The fourth-order valence-electron chi connectivity index (χ4n) is 4.91. The van der Waals surface area contributed by atoms with Gasteiger partial charge in [-0.15, -0.1) is 0 Å². The van der Waals surface area contributed by atoms with Gasteiger partial charge in [0.25, 0.3) is 0 Å². The van der Waals surface area contributed by atoms with E-state index in [2.05, 4.69) is 9.88 Å². The van der Waals surface area contributed by atoms with Crippen molar-refractivity contribution in [3.8, 4) is 0 Å². The monoisotopic (exact) mass is 411 g/mol. The van der Waals surface area contributed by atoms with E-state index in [1.807, 2.05) is 31.2 Å². The largest absolute Gasteiger partial charge is 0.363 e. The summed E-state index contributed by atoms with van der Waals surface area (Å²) in [5, 5.41) is 0. The maximum Gasteiger partial charge on any atom is 0.226 e. The Labute approximate surface area is 177 Å². The van der Waals surface area contributed by atoms with Gasteiger partial charge in [-0.1, -0.05) is 12.1 Å². The van der Waals surface area contributed by atoms with Crippen molar-refractivity contribution < 1.29 is 13.9 Å². The van der Waals surface area contributed by atoms with Crippen LogP contribution in [0.3, 0.4) is 0 Å². The Morgan fingerprint density at radius 1 is 1.30 bits per heavy atom. The molecule has 1 fully saturated rings. The molecule has 2 aliphatic heterocycles. The van der Waals surface area contributed by atoms with E-state index in [1.165, 1.54) is 6.07 Å². The summed E-state index contributed by atoms with van der Waals surface area (Å²) < 4.78 is 20.3. The number of piperidine rings is 1. The zero-order valence-electron chi connectivity index (χ0n) is 18.0. The summed E-state index contributed by atoms with van der Waals surface area (Å²) in [6.45, 7) is 4.37. The molecule has 0 radical (unpaired) electrons.